The first-order valence-corrected chi connectivity index (χ1v) is 3.27. The van der Waals surface area contributed by atoms with Crippen LogP contribution in [0.15, 0.2) is 0 Å². The molecule has 1 unspecified atom stereocenters. The van der Waals surface area contributed by atoms with Crippen molar-refractivity contribution in [1.29, 1.82) is 0 Å². The summed E-state index contributed by atoms with van der Waals surface area (Å²) in [6.45, 7) is 1.61. The van der Waals surface area contributed by atoms with Gasteiger partial charge in [-0.15, -0.1) is 0 Å². The molecule has 1 atom stereocenters. The number of ether oxygens (including phenoxy) is 1. The Kier molecular flexibility index (Phi) is 5.29. The molecular formula is C5H10ClNO3. The second-order valence-corrected chi connectivity index (χ2v) is 1.81. The summed E-state index contributed by atoms with van der Waals surface area (Å²) < 4.78 is 4.54. The van der Waals surface area contributed by atoms with Gasteiger partial charge < -0.3 is 9.84 Å². The molecule has 4 nitrogen and oxygen atoms in total. The molecular weight excluding hydrogens is 158 g/mol. The largest absolute Gasteiger partial charge is 0.465 e. The minimum Gasteiger partial charge on any atom is -0.465 e. The van der Waals surface area contributed by atoms with Crippen LogP contribution in [0.2, 0.25) is 0 Å². The lowest BCUT2D eigenvalue weighted by atomic mass is 10.3. The Morgan fingerprint density at radius 3 is 2.80 bits per heavy atom. The molecule has 0 spiro atoms. The smallest absolute Gasteiger partial charge is 0.326 e. The van der Waals surface area contributed by atoms with Crippen molar-refractivity contribution in [2.45, 2.75) is 13.0 Å². The molecule has 2 N–H and O–H groups in total. The van der Waals surface area contributed by atoms with Crippen LogP contribution in [-0.2, 0) is 9.53 Å². The fourth-order valence-corrected chi connectivity index (χ4v) is 0.555. The van der Waals surface area contributed by atoms with Gasteiger partial charge in [-0.25, -0.2) is 4.84 Å². The van der Waals surface area contributed by atoms with E-state index in [0.717, 1.165) is 0 Å². The maximum Gasteiger partial charge on any atom is 0.326 e. The molecule has 0 aliphatic carbocycles. The van der Waals surface area contributed by atoms with Crippen molar-refractivity contribution in [2.24, 2.45) is 0 Å². The molecule has 5 heteroatoms. The maximum absolute atomic E-state index is 10.7. The summed E-state index contributed by atoms with van der Waals surface area (Å²) in [5.41, 5.74) is 0. The SMILES string of the molecule is CCOC(=O)C(CO)NCl. The topological polar surface area (TPSA) is 58.6 Å². The molecule has 0 amide bonds. The van der Waals surface area contributed by atoms with Crippen LogP contribution in [0.3, 0.4) is 0 Å². The van der Waals surface area contributed by atoms with Gasteiger partial charge in [0.15, 0.2) is 0 Å². The maximum atomic E-state index is 10.7. The number of carbonyl (C=O) groups is 1. The van der Waals surface area contributed by atoms with Gasteiger partial charge in [0.2, 0.25) is 0 Å². The molecule has 0 aromatic heterocycles. The zero-order valence-electron chi connectivity index (χ0n) is 5.63. The van der Waals surface area contributed by atoms with Crippen LogP contribution in [0.4, 0.5) is 0 Å². The minimum absolute atomic E-state index is 0.286. The van der Waals surface area contributed by atoms with Crippen molar-refractivity contribution in [3.05, 3.63) is 0 Å². The monoisotopic (exact) mass is 167 g/mol. The molecule has 0 saturated heterocycles. The van der Waals surface area contributed by atoms with Crippen molar-refractivity contribution >= 4 is 17.7 Å². The highest BCUT2D eigenvalue weighted by Gasteiger charge is 2.16. The molecule has 0 saturated carbocycles. The Morgan fingerprint density at radius 1 is 1.90 bits per heavy atom. The summed E-state index contributed by atoms with van der Waals surface area (Å²) >= 11 is 5.09. The van der Waals surface area contributed by atoms with Gasteiger partial charge in [0.25, 0.3) is 0 Å². The number of aliphatic hydroxyl groups excluding tert-OH is 1. The summed E-state index contributed by atoms with van der Waals surface area (Å²) in [6, 6.07) is -0.818. The number of hydrogen-bond donors (Lipinski definition) is 2. The van der Waals surface area contributed by atoms with E-state index < -0.39 is 12.0 Å². The highest BCUT2D eigenvalue weighted by Crippen LogP contribution is 1.88. The zero-order valence-corrected chi connectivity index (χ0v) is 6.39. The Morgan fingerprint density at radius 2 is 2.50 bits per heavy atom. The minimum atomic E-state index is -0.818. The van der Waals surface area contributed by atoms with E-state index in [4.69, 9.17) is 16.9 Å². The van der Waals surface area contributed by atoms with Gasteiger partial charge in [-0.05, 0) is 18.7 Å². The van der Waals surface area contributed by atoms with E-state index in [-0.39, 0.29) is 13.2 Å². The molecule has 0 aromatic carbocycles. The predicted molar refractivity (Wildman–Crippen MR) is 36.5 cm³/mol. The van der Waals surface area contributed by atoms with Crippen LogP contribution < -0.4 is 4.84 Å². The summed E-state index contributed by atoms with van der Waals surface area (Å²) in [4.78, 5) is 12.8. The Balaban J connectivity index is 3.65. The highest BCUT2D eigenvalue weighted by atomic mass is 35.5. The van der Waals surface area contributed by atoms with Crippen LogP contribution in [0.5, 0.6) is 0 Å². The molecule has 0 aromatic rings. The molecule has 0 aliphatic heterocycles. The van der Waals surface area contributed by atoms with Crippen LogP contribution in [0, 0.1) is 0 Å². The van der Waals surface area contributed by atoms with Crippen molar-refractivity contribution in [3.8, 4) is 0 Å². The Hall–Kier alpha value is -0.320. The van der Waals surface area contributed by atoms with Crippen LogP contribution in [0.25, 0.3) is 0 Å². The lowest BCUT2D eigenvalue weighted by Crippen LogP contribution is -2.35. The Labute approximate surface area is 64.2 Å². The van der Waals surface area contributed by atoms with Gasteiger partial charge in [-0.3, -0.25) is 4.79 Å². The average Bonchev–Trinajstić information content (AvgIpc) is 1.91. The first-order chi connectivity index (χ1) is 4.76. The molecule has 60 valence electrons. The van der Waals surface area contributed by atoms with Gasteiger partial charge >= 0.3 is 5.97 Å². The van der Waals surface area contributed by atoms with Gasteiger partial charge in [0.05, 0.1) is 13.2 Å². The molecule has 0 heterocycles. The van der Waals surface area contributed by atoms with E-state index in [1.807, 2.05) is 0 Å². The zero-order chi connectivity index (χ0) is 7.98. The molecule has 0 fully saturated rings. The fraction of sp³-hybridized carbons (Fsp3) is 0.800. The third-order valence-electron chi connectivity index (χ3n) is 0.885. The summed E-state index contributed by atoms with van der Waals surface area (Å²) in [7, 11) is 0. The van der Waals surface area contributed by atoms with E-state index in [2.05, 4.69) is 9.57 Å². The number of esters is 1. The average molecular weight is 168 g/mol. The van der Waals surface area contributed by atoms with E-state index >= 15 is 0 Å². The summed E-state index contributed by atoms with van der Waals surface area (Å²) in [5, 5.41) is 8.48. The molecule has 10 heavy (non-hydrogen) atoms. The van der Waals surface area contributed by atoms with Crippen LogP contribution >= 0.6 is 11.8 Å². The number of aliphatic hydroxyl groups is 1. The lowest BCUT2D eigenvalue weighted by molar-refractivity contribution is -0.146. The van der Waals surface area contributed by atoms with Crippen molar-refractivity contribution < 1.29 is 14.6 Å². The number of halogens is 1. The van der Waals surface area contributed by atoms with Gasteiger partial charge in [0.1, 0.15) is 6.04 Å². The van der Waals surface area contributed by atoms with Gasteiger partial charge in [-0.2, -0.15) is 0 Å². The molecule has 0 radical (unpaired) electrons. The van der Waals surface area contributed by atoms with Crippen LogP contribution in [-0.4, -0.2) is 30.3 Å². The van der Waals surface area contributed by atoms with Gasteiger partial charge in [0, 0.05) is 0 Å². The third kappa shape index (κ3) is 3.00. The normalized spacial score (nSPS) is 12.7. The lowest BCUT2D eigenvalue weighted by Gasteiger charge is -2.08. The molecule has 0 aliphatic rings. The number of hydrogen-bond acceptors (Lipinski definition) is 4. The van der Waals surface area contributed by atoms with Crippen molar-refractivity contribution in [2.75, 3.05) is 13.2 Å². The quantitative estimate of drug-likeness (QED) is 0.444. The van der Waals surface area contributed by atoms with Gasteiger partial charge in [-0.1, -0.05) is 0 Å². The van der Waals surface area contributed by atoms with Crippen LogP contribution in [0.1, 0.15) is 6.92 Å². The fourth-order valence-electron chi connectivity index (χ4n) is 0.396. The number of rotatable bonds is 4. The molecule has 0 bridgehead atoms. The first kappa shape index (κ1) is 9.68. The first-order valence-electron chi connectivity index (χ1n) is 2.89. The molecule has 0 rings (SSSR count). The predicted octanol–water partition coefficient (Wildman–Crippen LogP) is -0.346. The standard InChI is InChI=1S/C5H10ClNO3/c1-2-10-5(9)4(3-8)7-6/h4,7-8H,2-3H2,1H3. The number of nitrogens with one attached hydrogen (secondary N) is 1. The highest BCUT2D eigenvalue weighted by molar-refractivity contribution is 6.14. The third-order valence-corrected chi connectivity index (χ3v) is 1.15. The second kappa shape index (κ2) is 5.46. The Bertz CT molecular complexity index is 105. The number of carbonyl (C=O) groups excluding carboxylic acids is 1. The van der Waals surface area contributed by atoms with Crippen molar-refractivity contribution in [1.82, 2.24) is 4.84 Å². The van der Waals surface area contributed by atoms with E-state index in [1.54, 1.807) is 6.92 Å². The second-order valence-electron chi connectivity index (χ2n) is 1.60. The van der Waals surface area contributed by atoms with E-state index in [1.165, 1.54) is 0 Å². The summed E-state index contributed by atoms with van der Waals surface area (Å²) in [5.74, 6) is -0.542. The summed E-state index contributed by atoms with van der Waals surface area (Å²) in [6.07, 6.45) is 0. The van der Waals surface area contributed by atoms with E-state index in [0.29, 0.717) is 0 Å². The van der Waals surface area contributed by atoms with E-state index in [9.17, 15) is 4.79 Å². The van der Waals surface area contributed by atoms with Crippen molar-refractivity contribution in [3.63, 3.8) is 0 Å².